The number of hydrogen-bond donors (Lipinski definition) is 4. The fourth-order valence-electron chi connectivity index (χ4n) is 6.49. The van der Waals surface area contributed by atoms with Crippen LogP contribution in [0.25, 0.3) is 0 Å². The minimum Gasteiger partial charge on any atom is -0.481 e. The summed E-state index contributed by atoms with van der Waals surface area (Å²) in [5, 5.41) is 13.2. The number of carboxylic acid groups (broad SMARTS) is 1. The normalized spacial score (nSPS) is 27.4. The maximum atomic E-state index is 12.8. The molecule has 1 spiro atoms. The first-order valence-electron chi connectivity index (χ1n) is 18.9. The third-order valence-electron chi connectivity index (χ3n) is 9.63. The number of aliphatic carboxylic acids is 1. The van der Waals surface area contributed by atoms with Gasteiger partial charge < -0.3 is 45.2 Å². The Morgan fingerprint density at radius 1 is 1.05 bits per heavy atom. The molecule has 5 N–H and O–H groups in total. The molecular formula is C41H59N3O11. The van der Waals surface area contributed by atoms with Crippen LogP contribution in [0.5, 0.6) is 0 Å². The van der Waals surface area contributed by atoms with Crippen LogP contribution in [0.3, 0.4) is 0 Å². The fraction of sp³-hybridized carbons (Fsp3) is 0.585. The number of nitrogens with one attached hydrogen (secondary N) is 2. The summed E-state index contributed by atoms with van der Waals surface area (Å²) >= 11 is 0. The number of hydrogen-bond acceptors (Lipinski definition) is 11. The van der Waals surface area contributed by atoms with Crippen LogP contribution < -0.4 is 16.4 Å². The number of anilines is 1. The van der Waals surface area contributed by atoms with Crippen LogP contribution in [0, 0.1) is 5.92 Å². The lowest BCUT2D eigenvalue weighted by Crippen LogP contribution is -2.50. The molecule has 0 aromatic heterocycles. The van der Waals surface area contributed by atoms with E-state index in [-0.39, 0.29) is 72.6 Å². The monoisotopic (exact) mass is 769 g/mol. The number of rotatable bonds is 15. The van der Waals surface area contributed by atoms with E-state index in [1.54, 1.807) is 32.1 Å². The number of methoxy groups -OCH3 is 1. The van der Waals surface area contributed by atoms with E-state index in [0.29, 0.717) is 25.1 Å². The highest BCUT2D eigenvalue weighted by molar-refractivity contribution is 5.95. The van der Waals surface area contributed by atoms with E-state index in [9.17, 15) is 19.2 Å². The largest absolute Gasteiger partial charge is 0.481 e. The molecule has 3 heterocycles. The third-order valence-corrected chi connectivity index (χ3v) is 9.63. The van der Waals surface area contributed by atoms with Crippen LogP contribution in [0.15, 0.2) is 60.2 Å². The quantitative estimate of drug-likeness (QED) is 0.0840. The van der Waals surface area contributed by atoms with E-state index in [1.807, 2.05) is 32.1 Å². The number of para-hydroxylation sites is 1. The number of epoxide rings is 1. The van der Waals surface area contributed by atoms with Gasteiger partial charge in [0, 0.05) is 37.9 Å². The molecule has 3 saturated heterocycles. The van der Waals surface area contributed by atoms with Crippen molar-refractivity contribution in [2.75, 3.05) is 19.0 Å². The molecule has 0 saturated carbocycles. The van der Waals surface area contributed by atoms with Crippen molar-refractivity contribution in [3.05, 3.63) is 65.8 Å². The highest BCUT2D eigenvalue weighted by atomic mass is 16.6. The summed E-state index contributed by atoms with van der Waals surface area (Å²) < 4.78 is 28.5. The number of esters is 2. The van der Waals surface area contributed by atoms with Crippen molar-refractivity contribution < 1.29 is 52.8 Å². The lowest BCUT2D eigenvalue weighted by atomic mass is 9.88. The number of ether oxygens (including phenoxy) is 5. The molecule has 304 valence electrons. The number of carbonyl (C=O) groups is 5. The fourth-order valence-corrected chi connectivity index (χ4v) is 6.49. The van der Waals surface area contributed by atoms with Crippen LogP contribution in [0.2, 0.25) is 0 Å². The standard InChI is InChI=1S/C39H55N3O9.C2H4O2/c1-24(11-15-30-21-39(23-48-39)22-31(51-30)20-37(45)47-6)12-16-34-25(2)19-33(28(5)50-34)41-35(43)17-13-26(3)49-36(44)18-14-29-9-7-8-10-32(29)42-38(46)27(4)40;1-2(3)4/h7-13,15,17,25-28,30-31,33-34H,14,16,18-23,40H2,1-6H3,(H,41,43)(H,42,46);1H3,(H,3,4)/t25-,26-,27-,28+,30+,31+,33+,34-,39-;/m0./s1. The summed E-state index contributed by atoms with van der Waals surface area (Å²) in [6.45, 7) is 11.2. The Hall–Kier alpha value is -4.37. The summed E-state index contributed by atoms with van der Waals surface area (Å²) in [6.07, 6.45) is 11.8. The van der Waals surface area contributed by atoms with Gasteiger partial charge in [-0.05, 0) is 70.6 Å². The summed E-state index contributed by atoms with van der Waals surface area (Å²) in [6, 6.07) is 6.43. The van der Waals surface area contributed by atoms with Crippen molar-refractivity contribution in [1.29, 1.82) is 0 Å². The molecule has 55 heavy (non-hydrogen) atoms. The van der Waals surface area contributed by atoms with Gasteiger partial charge in [-0.25, -0.2) is 0 Å². The lowest BCUT2D eigenvalue weighted by Gasteiger charge is -2.39. The van der Waals surface area contributed by atoms with Gasteiger partial charge in [0.25, 0.3) is 5.97 Å². The molecule has 0 radical (unpaired) electrons. The molecule has 2 amide bonds. The van der Waals surface area contributed by atoms with Gasteiger partial charge in [0.15, 0.2) is 0 Å². The molecule has 0 aliphatic carbocycles. The number of carboxylic acids is 1. The van der Waals surface area contributed by atoms with Gasteiger partial charge in [0.05, 0.1) is 62.2 Å². The van der Waals surface area contributed by atoms with Crippen molar-refractivity contribution in [3.8, 4) is 0 Å². The van der Waals surface area contributed by atoms with E-state index in [1.165, 1.54) is 13.2 Å². The van der Waals surface area contributed by atoms with E-state index < -0.39 is 24.1 Å². The SMILES string of the molecule is CC(=O)O.COC(=O)C[C@@H]1C[C@]2(CO2)C[C@@H](C=CC(C)=CC[C@@H]2O[C@H](C)[C@H](NC(=O)C=C[C@H](C)OC(=O)CCc3ccccc3NC(=O)[C@H](C)N)C[C@@H]2C)O1. The molecular weight excluding hydrogens is 710 g/mol. The van der Waals surface area contributed by atoms with Crippen LogP contribution in [-0.4, -0.2) is 96.8 Å². The zero-order valence-electron chi connectivity index (χ0n) is 33.1. The summed E-state index contributed by atoms with van der Waals surface area (Å²) in [4.78, 5) is 58.1. The molecule has 1 aromatic rings. The Kier molecular flexibility index (Phi) is 17.7. The number of benzene rings is 1. The Bertz CT molecular complexity index is 1560. The van der Waals surface area contributed by atoms with Crippen molar-refractivity contribution >= 4 is 35.4 Å². The average Bonchev–Trinajstić information content (AvgIpc) is 3.86. The first-order valence-corrected chi connectivity index (χ1v) is 18.9. The molecule has 3 aliphatic heterocycles. The van der Waals surface area contributed by atoms with Gasteiger partial charge in [-0.15, -0.1) is 0 Å². The maximum absolute atomic E-state index is 12.8. The Labute approximate surface area is 324 Å². The van der Waals surface area contributed by atoms with E-state index in [0.717, 1.165) is 37.3 Å². The predicted molar refractivity (Wildman–Crippen MR) is 206 cm³/mol. The molecule has 4 rings (SSSR count). The highest BCUT2D eigenvalue weighted by Gasteiger charge is 2.51. The van der Waals surface area contributed by atoms with E-state index >= 15 is 0 Å². The van der Waals surface area contributed by atoms with Crippen molar-refractivity contribution in [3.63, 3.8) is 0 Å². The van der Waals surface area contributed by atoms with Gasteiger partial charge in [0.2, 0.25) is 11.8 Å². The van der Waals surface area contributed by atoms with E-state index in [2.05, 4.69) is 29.7 Å². The predicted octanol–water partition coefficient (Wildman–Crippen LogP) is 4.55. The highest BCUT2D eigenvalue weighted by Crippen LogP contribution is 2.43. The molecule has 0 bridgehead atoms. The number of nitrogens with two attached hydrogens (primary N) is 1. The van der Waals surface area contributed by atoms with Gasteiger partial charge >= 0.3 is 11.9 Å². The molecule has 1 aromatic carbocycles. The topological polar surface area (TPSA) is 205 Å². The van der Waals surface area contributed by atoms with Gasteiger partial charge in [0.1, 0.15) is 6.10 Å². The third kappa shape index (κ3) is 16.1. The molecule has 0 unspecified atom stereocenters. The van der Waals surface area contributed by atoms with Crippen LogP contribution in [-0.2, 0) is 54.1 Å². The second kappa shape index (κ2) is 21.6. The maximum Gasteiger partial charge on any atom is 0.308 e. The number of amides is 2. The second-order valence-corrected chi connectivity index (χ2v) is 14.7. The van der Waals surface area contributed by atoms with Gasteiger partial charge in [-0.1, -0.05) is 48.9 Å². The Balaban J connectivity index is 0.00000193. The first-order chi connectivity index (χ1) is 26.0. The minimum absolute atomic E-state index is 0.0115. The molecule has 3 aliphatic rings. The molecule has 3 fully saturated rings. The summed E-state index contributed by atoms with van der Waals surface area (Å²) in [5.74, 6) is -1.89. The van der Waals surface area contributed by atoms with Gasteiger partial charge in [-0.3, -0.25) is 24.0 Å². The number of carbonyl (C=O) groups excluding carboxylic acids is 4. The molecule has 9 atom stereocenters. The first kappa shape index (κ1) is 45.0. The van der Waals surface area contributed by atoms with Crippen molar-refractivity contribution in [2.24, 2.45) is 11.7 Å². The Morgan fingerprint density at radius 3 is 2.40 bits per heavy atom. The van der Waals surface area contributed by atoms with Crippen LogP contribution >= 0.6 is 0 Å². The number of allylic oxidation sites excluding steroid dienone is 2. The van der Waals surface area contributed by atoms with Gasteiger partial charge in [-0.2, -0.15) is 0 Å². The Morgan fingerprint density at radius 2 is 1.75 bits per heavy atom. The van der Waals surface area contributed by atoms with Crippen LogP contribution in [0.1, 0.15) is 85.6 Å². The average molecular weight is 770 g/mol. The van der Waals surface area contributed by atoms with Crippen LogP contribution in [0.4, 0.5) is 5.69 Å². The van der Waals surface area contributed by atoms with Crippen molar-refractivity contribution in [2.45, 2.75) is 135 Å². The van der Waals surface area contributed by atoms with Crippen molar-refractivity contribution in [1.82, 2.24) is 5.32 Å². The summed E-state index contributed by atoms with van der Waals surface area (Å²) in [5.41, 5.74) is 7.97. The van der Waals surface area contributed by atoms with E-state index in [4.69, 9.17) is 39.3 Å². The summed E-state index contributed by atoms with van der Waals surface area (Å²) in [7, 11) is 1.39. The molecule has 14 nitrogen and oxygen atoms in total. The number of aryl methyl sites for hydroxylation is 1. The molecule has 14 heteroatoms. The zero-order valence-corrected chi connectivity index (χ0v) is 33.1. The second-order valence-electron chi connectivity index (χ2n) is 14.7. The smallest absolute Gasteiger partial charge is 0.308 e. The zero-order chi connectivity index (χ0) is 40.7. The lowest BCUT2D eigenvalue weighted by molar-refractivity contribution is -0.147. The minimum atomic E-state index is -0.833.